The lowest BCUT2D eigenvalue weighted by Gasteiger charge is -2.27. The molecular formula is C36H39BrN8O5. The smallest absolute Gasteiger partial charge is 0.248 e. The van der Waals surface area contributed by atoms with Crippen LogP contribution in [0.1, 0.15) is 61.4 Å². The molecular weight excluding hydrogens is 704 g/mol. The monoisotopic (exact) mass is 742 g/mol. The zero-order valence-corrected chi connectivity index (χ0v) is 29.8. The molecule has 1 aromatic carbocycles. The van der Waals surface area contributed by atoms with E-state index in [2.05, 4.69) is 53.2 Å². The number of hydrogen-bond donors (Lipinski definition) is 2. The Bertz CT molecular complexity index is 1980. The van der Waals surface area contributed by atoms with Crippen molar-refractivity contribution < 1.29 is 23.9 Å². The molecule has 0 bridgehead atoms. The van der Waals surface area contributed by atoms with Crippen molar-refractivity contribution >= 4 is 56.2 Å². The van der Waals surface area contributed by atoms with Crippen LogP contribution in [0.25, 0.3) is 22.0 Å². The molecule has 2 unspecified atom stereocenters. The van der Waals surface area contributed by atoms with Crippen LogP contribution in [0, 0.1) is 12.3 Å². The van der Waals surface area contributed by atoms with Gasteiger partial charge >= 0.3 is 0 Å². The minimum atomic E-state index is -0.825. The van der Waals surface area contributed by atoms with E-state index in [9.17, 15) is 19.2 Å². The third kappa shape index (κ3) is 7.22. The fourth-order valence-corrected chi connectivity index (χ4v) is 7.00. The Labute approximate surface area is 298 Å². The van der Waals surface area contributed by atoms with Gasteiger partial charge in [0.05, 0.1) is 18.7 Å². The number of fused-ring (bicyclic) bond motifs is 2. The number of carbonyl (C=O) groups excluding carboxylic acids is 4. The second kappa shape index (κ2) is 14.6. The van der Waals surface area contributed by atoms with Crippen LogP contribution in [-0.2, 0) is 32.3 Å². The molecule has 0 radical (unpaired) electrons. The summed E-state index contributed by atoms with van der Waals surface area (Å²) in [6.45, 7) is 9.57. The molecule has 2 fully saturated rings. The first-order chi connectivity index (χ1) is 24.0. The molecule has 4 aromatic rings. The number of aromatic nitrogens is 5. The van der Waals surface area contributed by atoms with Crippen LogP contribution in [0.4, 0.5) is 5.82 Å². The van der Waals surface area contributed by atoms with E-state index in [1.807, 2.05) is 31.2 Å². The number of ether oxygens (including phenoxy) is 1. The molecule has 3 amide bonds. The highest BCUT2D eigenvalue weighted by molar-refractivity contribution is 9.10. The van der Waals surface area contributed by atoms with Crippen molar-refractivity contribution in [2.45, 2.75) is 71.7 Å². The second-order valence-corrected chi connectivity index (χ2v) is 13.7. The Balaban J connectivity index is 1.29. The summed E-state index contributed by atoms with van der Waals surface area (Å²) in [7, 11) is 0. The maximum atomic E-state index is 14.3. The zero-order chi connectivity index (χ0) is 35.6. The average molecular weight is 744 g/mol. The number of pyridine rings is 1. The van der Waals surface area contributed by atoms with Crippen LogP contribution in [0.5, 0.6) is 0 Å². The molecule has 1 aliphatic carbocycles. The molecule has 260 valence electrons. The summed E-state index contributed by atoms with van der Waals surface area (Å²) in [4.78, 5) is 68.1. The Kier molecular flexibility index (Phi) is 10.2. The zero-order valence-electron chi connectivity index (χ0n) is 28.2. The lowest BCUT2D eigenvalue weighted by molar-refractivity contribution is -0.138. The number of nitrogens with zero attached hydrogens (tertiary/aromatic N) is 6. The highest BCUT2D eigenvalue weighted by Gasteiger charge is 2.67. The number of anilines is 1. The average Bonchev–Trinajstić information content (AvgIpc) is 3.51. The van der Waals surface area contributed by atoms with E-state index >= 15 is 0 Å². The number of aryl methyl sites for hydroxylation is 1. The number of rotatable bonds is 14. The van der Waals surface area contributed by atoms with Crippen molar-refractivity contribution in [3.8, 4) is 11.1 Å². The second-order valence-electron chi connectivity index (χ2n) is 12.9. The van der Waals surface area contributed by atoms with Crippen LogP contribution in [-0.4, -0.2) is 78.4 Å². The van der Waals surface area contributed by atoms with E-state index in [1.54, 1.807) is 36.4 Å². The molecule has 2 aliphatic rings. The topological polar surface area (TPSA) is 161 Å². The number of nitrogens with one attached hydrogen (secondary N) is 2. The van der Waals surface area contributed by atoms with E-state index in [1.165, 1.54) is 11.6 Å². The molecule has 0 spiro atoms. The van der Waals surface area contributed by atoms with Gasteiger partial charge in [-0.2, -0.15) is 5.10 Å². The molecule has 2 N–H and O–H groups in total. The van der Waals surface area contributed by atoms with Crippen LogP contribution >= 0.6 is 15.9 Å². The van der Waals surface area contributed by atoms with Gasteiger partial charge in [-0.15, -0.1) is 6.58 Å². The van der Waals surface area contributed by atoms with Crippen LogP contribution in [0.2, 0.25) is 0 Å². The van der Waals surface area contributed by atoms with Crippen molar-refractivity contribution in [3.63, 3.8) is 0 Å². The number of Topliss-reactive ketones (excluding diaryl/α,β-unsaturated/α-hetero) is 1. The predicted octanol–water partition coefficient (Wildman–Crippen LogP) is 4.78. The SMILES string of the molecule is C=CCOCc1ccc(Br)nc1NC(=O)[C@@H]1CC2(CNC(=O)CCC)CC2N1C(=O)Cn1nc(C(C)=O)c2cc(-c3cnc(C)nc3)ccc21. The highest BCUT2D eigenvalue weighted by Crippen LogP contribution is 2.59. The van der Waals surface area contributed by atoms with Gasteiger partial charge in [0.2, 0.25) is 17.7 Å². The fourth-order valence-electron chi connectivity index (χ4n) is 6.69. The van der Waals surface area contributed by atoms with Gasteiger partial charge in [-0.25, -0.2) is 15.0 Å². The van der Waals surface area contributed by atoms with Crippen molar-refractivity contribution in [1.29, 1.82) is 0 Å². The Morgan fingerprint density at radius 2 is 1.90 bits per heavy atom. The molecule has 1 saturated carbocycles. The van der Waals surface area contributed by atoms with E-state index in [0.29, 0.717) is 65.1 Å². The van der Waals surface area contributed by atoms with Gasteiger partial charge in [0, 0.05) is 60.3 Å². The van der Waals surface area contributed by atoms with Gasteiger partial charge in [0.25, 0.3) is 0 Å². The fraction of sp³-hybridized carbons (Fsp3) is 0.389. The van der Waals surface area contributed by atoms with Crippen LogP contribution in [0.3, 0.4) is 0 Å². The minimum absolute atomic E-state index is 0.0582. The number of carbonyl (C=O) groups is 4. The van der Waals surface area contributed by atoms with E-state index in [-0.39, 0.29) is 48.4 Å². The molecule has 3 atom stereocenters. The number of amides is 3. The maximum absolute atomic E-state index is 14.3. The van der Waals surface area contributed by atoms with Crippen LogP contribution < -0.4 is 10.6 Å². The number of likely N-dealkylation sites (tertiary alicyclic amines) is 1. The largest absolute Gasteiger partial charge is 0.373 e. The first-order valence-electron chi connectivity index (χ1n) is 16.6. The third-order valence-electron chi connectivity index (χ3n) is 9.29. The number of piperidine rings is 1. The van der Waals surface area contributed by atoms with Gasteiger partial charge in [0.1, 0.15) is 34.5 Å². The Hall–Kier alpha value is -4.82. The minimum Gasteiger partial charge on any atom is -0.373 e. The van der Waals surface area contributed by atoms with Gasteiger partial charge in [-0.05, 0) is 65.9 Å². The summed E-state index contributed by atoms with van der Waals surface area (Å²) in [5.41, 5.74) is 2.69. The molecule has 1 saturated heterocycles. The van der Waals surface area contributed by atoms with E-state index in [4.69, 9.17) is 4.74 Å². The van der Waals surface area contributed by atoms with Crippen molar-refractivity contribution in [2.24, 2.45) is 5.41 Å². The maximum Gasteiger partial charge on any atom is 0.248 e. The molecule has 1 aliphatic heterocycles. The first-order valence-corrected chi connectivity index (χ1v) is 17.4. The van der Waals surface area contributed by atoms with Crippen molar-refractivity contribution in [1.82, 2.24) is 34.9 Å². The quantitative estimate of drug-likeness (QED) is 0.0802. The first kappa shape index (κ1) is 35.0. The lowest BCUT2D eigenvalue weighted by atomic mass is 9.98. The standard InChI is InChI=1S/C36H39BrN8O5/c1-5-7-31(47)40-20-36-14-28(35(49)42-34-24(19-50-12-6-2)9-11-30(37)41-34)45(29(36)15-36)32(48)18-44-27-10-8-23(25-16-38-22(4)39-17-25)13-26(27)33(43-44)21(3)46/h6,8-11,13,16-17,28-29H,2,5,7,12,14-15,18-20H2,1,3-4H3,(H,40,47)(H,41,42,49)/t28-,29?,36?/m0/s1. The normalized spacial score (nSPS) is 19.2. The summed E-state index contributed by atoms with van der Waals surface area (Å²) in [5.74, 6) is -0.0340. The number of ketones is 1. The molecule has 3 aromatic heterocycles. The summed E-state index contributed by atoms with van der Waals surface area (Å²) in [6.07, 6.45) is 7.23. The third-order valence-corrected chi connectivity index (χ3v) is 9.73. The predicted molar refractivity (Wildman–Crippen MR) is 190 cm³/mol. The summed E-state index contributed by atoms with van der Waals surface area (Å²) in [6, 6.07) is 8.05. The van der Waals surface area contributed by atoms with E-state index < -0.39 is 11.5 Å². The summed E-state index contributed by atoms with van der Waals surface area (Å²) in [5, 5.41) is 11.1. The molecule has 13 nitrogen and oxygen atoms in total. The molecule has 50 heavy (non-hydrogen) atoms. The summed E-state index contributed by atoms with van der Waals surface area (Å²) < 4.78 is 7.67. The highest BCUT2D eigenvalue weighted by atomic mass is 79.9. The Morgan fingerprint density at radius 1 is 1.12 bits per heavy atom. The van der Waals surface area contributed by atoms with Gasteiger partial charge < -0.3 is 20.3 Å². The lowest BCUT2D eigenvalue weighted by Crippen LogP contribution is -2.47. The number of halogens is 1. The van der Waals surface area contributed by atoms with Crippen LogP contribution in [0.15, 0.2) is 60.0 Å². The number of hydrogen-bond acceptors (Lipinski definition) is 9. The molecule has 4 heterocycles. The number of benzene rings is 1. The van der Waals surface area contributed by atoms with Crippen molar-refractivity contribution in [3.05, 3.63) is 77.1 Å². The van der Waals surface area contributed by atoms with Crippen molar-refractivity contribution in [2.75, 3.05) is 18.5 Å². The van der Waals surface area contributed by atoms with E-state index in [0.717, 1.165) is 17.5 Å². The van der Waals surface area contributed by atoms with Gasteiger partial charge in [0.15, 0.2) is 5.78 Å². The summed E-state index contributed by atoms with van der Waals surface area (Å²) >= 11 is 3.38. The molecule has 14 heteroatoms. The Morgan fingerprint density at radius 3 is 2.62 bits per heavy atom. The molecule has 6 rings (SSSR count). The van der Waals surface area contributed by atoms with Gasteiger partial charge in [-0.1, -0.05) is 25.1 Å². The van der Waals surface area contributed by atoms with Gasteiger partial charge in [-0.3, -0.25) is 23.9 Å².